The highest BCUT2D eigenvalue weighted by Gasteiger charge is 2.22. The third-order valence-corrected chi connectivity index (χ3v) is 4.90. The first-order valence-corrected chi connectivity index (χ1v) is 8.70. The molecule has 7 heteroatoms. The predicted octanol–water partition coefficient (Wildman–Crippen LogP) is 1.86. The Morgan fingerprint density at radius 2 is 1.84 bits per heavy atom. The van der Waals surface area contributed by atoms with E-state index in [-0.39, 0.29) is 42.9 Å². The van der Waals surface area contributed by atoms with Crippen LogP contribution in [0, 0.1) is 0 Å². The molecule has 5 nitrogen and oxygen atoms in total. The quantitative estimate of drug-likeness (QED) is 0.718. The Balaban J connectivity index is 0.00000156. The monoisotopic (exact) mass is 389 g/mol. The van der Waals surface area contributed by atoms with Crippen LogP contribution >= 0.6 is 24.8 Å². The standard InChI is InChI=1S/C18H27N3O2.2ClH/c22-16-7-10-21(11-8-16)13-15-5-2-1-4-14(15)12-20-18(23)17-6-3-9-19-17;;/h1-2,4-5,16-17,19,22H,3,6-13H2,(H,20,23);2*1H. The van der Waals surface area contributed by atoms with Crippen molar-refractivity contribution in [3.05, 3.63) is 35.4 Å². The van der Waals surface area contributed by atoms with Crippen molar-refractivity contribution < 1.29 is 9.90 Å². The molecule has 0 spiro atoms. The molecule has 0 radical (unpaired) electrons. The van der Waals surface area contributed by atoms with E-state index in [9.17, 15) is 9.90 Å². The zero-order chi connectivity index (χ0) is 16.1. The summed E-state index contributed by atoms with van der Waals surface area (Å²) in [6, 6.07) is 8.29. The van der Waals surface area contributed by atoms with Crippen LogP contribution < -0.4 is 10.6 Å². The summed E-state index contributed by atoms with van der Waals surface area (Å²) in [5.41, 5.74) is 2.45. The number of amides is 1. The van der Waals surface area contributed by atoms with Gasteiger partial charge in [-0.05, 0) is 43.4 Å². The van der Waals surface area contributed by atoms with Gasteiger partial charge in [-0.2, -0.15) is 0 Å². The van der Waals surface area contributed by atoms with E-state index in [1.54, 1.807) is 0 Å². The fraction of sp³-hybridized carbons (Fsp3) is 0.611. The number of carbonyl (C=O) groups is 1. The third-order valence-electron chi connectivity index (χ3n) is 4.90. The number of likely N-dealkylation sites (tertiary alicyclic amines) is 1. The largest absolute Gasteiger partial charge is 0.393 e. The van der Waals surface area contributed by atoms with Crippen LogP contribution in [0.1, 0.15) is 36.8 Å². The Bertz CT molecular complexity index is 531. The van der Waals surface area contributed by atoms with Crippen molar-refractivity contribution in [3.63, 3.8) is 0 Å². The predicted molar refractivity (Wildman–Crippen MR) is 104 cm³/mol. The maximum atomic E-state index is 12.1. The Labute approximate surface area is 162 Å². The van der Waals surface area contributed by atoms with Gasteiger partial charge < -0.3 is 15.7 Å². The van der Waals surface area contributed by atoms with E-state index in [1.807, 2.05) is 6.07 Å². The molecule has 0 bridgehead atoms. The number of hydrogen-bond donors (Lipinski definition) is 3. The van der Waals surface area contributed by atoms with Crippen LogP contribution in [0.2, 0.25) is 0 Å². The first-order valence-electron chi connectivity index (χ1n) is 8.70. The number of aliphatic hydroxyl groups is 1. The van der Waals surface area contributed by atoms with Crippen LogP contribution in [0.3, 0.4) is 0 Å². The average molecular weight is 390 g/mol. The molecule has 1 aromatic carbocycles. The second-order valence-corrected chi connectivity index (χ2v) is 6.64. The minimum absolute atomic E-state index is 0. The molecule has 25 heavy (non-hydrogen) atoms. The summed E-state index contributed by atoms with van der Waals surface area (Å²) < 4.78 is 0. The molecular formula is C18H29Cl2N3O2. The Hall–Kier alpha value is -0.850. The highest BCUT2D eigenvalue weighted by atomic mass is 35.5. The number of halogens is 2. The number of hydrogen-bond acceptors (Lipinski definition) is 4. The minimum Gasteiger partial charge on any atom is -0.393 e. The highest BCUT2D eigenvalue weighted by molar-refractivity contribution is 5.85. The average Bonchev–Trinajstić information content (AvgIpc) is 3.10. The number of nitrogens with zero attached hydrogens (tertiary/aromatic N) is 1. The molecule has 2 heterocycles. The van der Waals surface area contributed by atoms with Crippen molar-refractivity contribution in [3.8, 4) is 0 Å². The number of rotatable bonds is 5. The highest BCUT2D eigenvalue weighted by Crippen LogP contribution is 2.16. The topological polar surface area (TPSA) is 64.6 Å². The fourth-order valence-corrected chi connectivity index (χ4v) is 3.42. The van der Waals surface area contributed by atoms with Gasteiger partial charge in [0.25, 0.3) is 0 Å². The van der Waals surface area contributed by atoms with Gasteiger partial charge in [-0.15, -0.1) is 24.8 Å². The van der Waals surface area contributed by atoms with Crippen LogP contribution in [0.25, 0.3) is 0 Å². The van der Waals surface area contributed by atoms with Gasteiger partial charge in [0.1, 0.15) is 0 Å². The van der Waals surface area contributed by atoms with E-state index in [0.29, 0.717) is 6.54 Å². The lowest BCUT2D eigenvalue weighted by Crippen LogP contribution is -2.40. The lowest BCUT2D eigenvalue weighted by atomic mass is 10.0. The van der Waals surface area contributed by atoms with Gasteiger partial charge in [0.05, 0.1) is 12.1 Å². The fourth-order valence-electron chi connectivity index (χ4n) is 3.42. The van der Waals surface area contributed by atoms with Crippen LogP contribution in [0.15, 0.2) is 24.3 Å². The number of carbonyl (C=O) groups excluding carboxylic acids is 1. The zero-order valence-electron chi connectivity index (χ0n) is 14.4. The molecule has 0 aliphatic carbocycles. The number of nitrogens with one attached hydrogen (secondary N) is 2. The number of benzene rings is 1. The maximum absolute atomic E-state index is 12.1. The number of aliphatic hydroxyl groups excluding tert-OH is 1. The van der Waals surface area contributed by atoms with Gasteiger partial charge in [0.2, 0.25) is 5.91 Å². The van der Waals surface area contributed by atoms with Gasteiger partial charge in [-0.1, -0.05) is 24.3 Å². The second kappa shape index (κ2) is 11.0. The Morgan fingerprint density at radius 1 is 1.16 bits per heavy atom. The summed E-state index contributed by atoms with van der Waals surface area (Å²) in [6.07, 6.45) is 3.58. The Kier molecular flexibility index (Phi) is 9.75. The molecule has 1 amide bonds. The third kappa shape index (κ3) is 6.42. The summed E-state index contributed by atoms with van der Waals surface area (Å²) in [5.74, 6) is 0.110. The zero-order valence-corrected chi connectivity index (χ0v) is 16.1. The van der Waals surface area contributed by atoms with E-state index in [2.05, 4.69) is 33.7 Å². The van der Waals surface area contributed by atoms with E-state index in [4.69, 9.17) is 0 Å². The molecule has 142 valence electrons. The van der Waals surface area contributed by atoms with Crippen molar-refractivity contribution in [2.45, 2.75) is 50.9 Å². The first-order chi connectivity index (χ1) is 11.2. The van der Waals surface area contributed by atoms with Gasteiger partial charge in [-0.3, -0.25) is 9.69 Å². The van der Waals surface area contributed by atoms with Crippen molar-refractivity contribution in [2.75, 3.05) is 19.6 Å². The smallest absolute Gasteiger partial charge is 0.237 e. The summed E-state index contributed by atoms with van der Waals surface area (Å²) >= 11 is 0. The molecule has 1 aromatic rings. The molecule has 2 aliphatic heterocycles. The van der Waals surface area contributed by atoms with Crippen molar-refractivity contribution in [1.29, 1.82) is 0 Å². The lowest BCUT2D eigenvalue weighted by molar-refractivity contribution is -0.122. The van der Waals surface area contributed by atoms with Crippen LogP contribution in [-0.4, -0.2) is 47.7 Å². The first kappa shape index (κ1) is 22.2. The van der Waals surface area contributed by atoms with E-state index >= 15 is 0 Å². The molecule has 0 saturated carbocycles. The summed E-state index contributed by atoms with van der Waals surface area (Å²) in [6.45, 7) is 4.29. The molecule has 1 atom stereocenters. The van der Waals surface area contributed by atoms with Crippen LogP contribution in [0.5, 0.6) is 0 Å². The summed E-state index contributed by atoms with van der Waals surface area (Å²) in [5, 5.41) is 15.9. The number of piperidine rings is 1. The van der Waals surface area contributed by atoms with E-state index in [1.165, 1.54) is 11.1 Å². The van der Waals surface area contributed by atoms with Crippen LogP contribution in [-0.2, 0) is 17.9 Å². The molecule has 2 fully saturated rings. The summed E-state index contributed by atoms with van der Waals surface area (Å²) in [4.78, 5) is 14.5. The van der Waals surface area contributed by atoms with Gasteiger partial charge >= 0.3 is 0 Å². The van der Waals surface area contributed by atoms with Crippen molar-refractivity contribution in [1.82, 2.24) is 15.5 Å². The van der Waals surface area contributed by atoms with E-state index < -0.39 is 0 Å². The summed E-state index contributed by atoms with van der Waals surface area (Å²) in [7, 11) is 0. The minimum atomic E-state index is -0.139. The molecule has 2 saturated heterocycles. The molecule has 0 aromatic heterocycles. The molecule has 3 N–H and O–H groups in total. The normalized spacial score (nSPS) is 21.2. The SMILES string of the molecule is Cl.Cl.O=C(NCc1ccccc1CN1CCC(O)CC1)C1CCCN1. The second-order valence-electron chi connectivity index (χ2n) is 6.64. The lowest BCUT2D eigenvalue weighted by Gasteiger charge is -2.30. The Morgan fingerprint density at radius 3 is 2.48 bits per heavy atom. The molecule has 2 aliphatic rings. The molecule has 1 unspecified atom stereocenters. The van der Waals surface area contributed by atoms with Gasteiger partial charge in [-0.25, -0.2) is 0 Å². The van der Waals surface area contributed by atoms with Crippen LogP contribution in [0.4, 0.5) is 0 Å². The maximum Gasteiger partial charge on any atom is 0.237 e. The van der Waals surface area contributed by atoms with Gasteiger partial charge in [0, 0.05) is 26.2 Å². The molecular weight excluding hydrogens is 361 g/mol. The van der Waals surface area contributed by atoms with Gasteiger partial charge in [0.15, 0.2) is 0 Å². The van der Waals surface area contributed by atoms with E-state index in [0.717, 1.165) is 51.9 Å². The molecule has 3 rings (SSSR count). The van der Waals surface area contributed by atoms with Crippen molar-refractivity contribution >= 4 is 30.7 Å². The van der Waals surface area contributed by atoms with Crippen molar-refractivity contribution in [2.24, 2.45) is 0 Å².